The van der Waals surface area contributed by atoms with Gasteiger partial charge in [-0.25, -0.2) is 4.68 Å². The molecule has 28 heavy (non-hydrogen) atoms. The van der Waals surface area contributed by atoms with Crippen molar-refractivity contribution in [1.29, 1.82) is 0 Å². The number of amides is 1. The number of nitrogens with zero attached hydrogens (tertiary/aromatic N) is 3. The van der Waals surface area contributed by atoms with Crippen molar-refractivity contribution in [2.75, 3.05) is 7.05 Å². The maximum Gasteiger partial charge on any atom is 0.573 e. The zero-order valence-electron chi connectivity index (χ0n) is 14.7. The van der Waals surface area contributed by atoms with Crippen molar-refractivity contribution in [3.8, 4) is 11.4 Å². The fourth-order valence-electron chi connectivity index (χ4n) is 2.57. The summed E-state index contributed by atoms with van der Waals surface area (Å²) in [4.78, 5) is 14.0. The number of alkyl halides is 3. The van der Waals surface area contributed by atoms with E-state index in [0.717, 1.165) is 0 Å². The zero-order valence-corrected chi connectivity index (χ0v) is 15.4. The summed E-state index contributed by atoms with van der Waals surface area (Å²) in [7, 11) is 1.59. The van der Waals surface area contributed by atoms with E-state index in [4.69, 9.17) is 11.6 Å². The molecule has 2 aromatic carbocycles. The van der Waals surface area contributed by atoms with Crippen LogP contribution in [-0.4, -0.2) is 34.0 Å². The van der Waals surface area contributed by atoms with Gasteiger partial charge in [-0.2, -0.15) is 5.10 Å². The molecule has 0 radical (unpaired) electrons. The molecular formula is C19H15ClF3N3O2. The van der Waals surface area contributed by atoms with Gasteiger partial charge in [0.15, 0.2) is 0 Å². The molecular weight excluding hydrogens is 395 g/mol. The highest BCUT2D eigenvalue weighted by Crippen LogP contribution is 2.23. The maximum atomic E-state index is 12.6. The minimum absolute atomic E-state index is 0.211. The molecule has 0 N–H and O–H groups in total. The minimum atomic E-state index is -4.74. The first-order valence-corrected chi connectivity index (χ1v) is 8.50. The lowest BCUT2D eigenvalue weighted by molar-refractivity contribution is -0.274. The molecule has 5 nitrogen and oxygen atoms in total. The molecule has 0 atom stereocenters. The summed E-state index contributed by atoms with van der Waals surface area (Å²) in [6.45, 7) is 0.211. The van der Waals surface area contributed by atoms with Gasteiger partial charge in [0.2, 0.25) is 0 Å². The van der Waals surface area contributed by atoms with Gasteiger partial charge in [-0.15, -0.1) is 13.2 Å². The fourth-order valence-corrected chi connectivity index (χ4v) is 2.79. The van der Waals surface area contributed by atoms with Gasteiger partial charge in [0, 0.05) is 19.8 Å². The zero-order chi connectivity index (χ0) is 20.3. The lowest BCUT2D eigenvalue weighted by atomic mass is 10.2. The quantitative estimate of drug-likeness (QED) is 0.614. The van der Waals surface area contributed by atoms with Gasteiger partial charge in [0.25, 0.3) is 5.91 Å². The van der Waals surface area contributed by atoms with Crippen LogP contribution in [0.5, 0.6) is 5.75 Å². The molecule has 0 aliphatic carbocycles. The first-order valence-electron chi connectivity index (χ1n) is 8.12. The van der Waals surface area contributed by atoms with E-state index in [-0.39, 0.29) is 18.2 Å². The SMILES string of the molecule is CN(Cc1ccc(OC(F)(F)F)cc1)C(=O)c1cnn(-c2ccccc2Cl)c1. The fraction of sp³-hybridized carbons (Fsp3) is 0.158. The second kappa shape index (κ2) is 7.93. The number of hydrogen-bond donors (Lipinski definition) is 0. The van der Waals surface area contributed by atoms with Gasteiger partial charge in [-0.05, 0) is 29.8 Å². The minimum Gasteiger partial charge on any atom is -0.406 e. The smallest absolute Gasteiger partial charge is 0.406 e. The summed E-state index contributed by atoms with van der Waals surface area (Å²) in [5.74, 6) is -0.597. The number of para-hydroxylation sites is 1. The Kier molecular flexibility index (Phi) is 5.60. The second-order valence-corrected chi connectivity index (χ2v) is 6.39. The Hall–Kier alpha value is -3.00. The van der Waals surface area contributed by atoms with Crippen molar-refractivity contribution in [3.05, 3.63) is 77.1 Å². The van der Waals surface area contributed by atoms with Crippen LogP contribution in [0.25, 0.3) is 5.69 Å². The van der Waals surface area contributed by atoms with E-state index < -0.39 is 6.36 Å². The molecule has 1 aromatic heterocycles. The summed E-state index contributed by atoms with van der Waals surface area (Å²) in [5.41, 5.74) is 1.66. The first kappa shape index (κ1) is 19.8. The number of ether oxygens (including phenoxy) is 1. The monoisotopic (exact) mass is 409 g/mol. The van der Waals surface area contributed by atoms with Crippen LogP contribution >= 0.6 is 11.6 Å². The van der Waals surface area contributed by atoms with E-state index in [1.54, 1.807) is 31.4 Å². The Balaban J connectivity index is 1.67. The second-order valence-electron chi connectivity index (χ2n) is 5.98. The standard InChI is InChI=1S/C19H15ClF3N3O2/c1-25(11-13-6-8-15(9-7-13)28-19(21,22)23)18(27)14-10-24-26(12-14)17-5-3-2-4-16(17)20/h2-10,12H,11H2,1H3. The Labute approximate surface area is 163 Å². The lowest BCUT2D eigenvalue weighted by Crippen LogP contribution is -2.25. The van der Waals surface area contributed by atoms with Crippen LogP contribution in [0.3, 0.4) is 0 Å². The molecule has 0 saturated heterocycles. The van der Waals surface area contributed by atoms with Gasteiger partial charge < -0.3 is 9.64 Å². The highest BCUT2D eigenvalue weighted by atomic mass is 35.5. The number of benzene rings is 2. The third kappa shape index (κ3) is 4.83. The topological polar surface area (TPSA) is 47.4 Å². The molecule has 146 valence electrons. The van der Waals surface area contributed by atoms with Gasteiger partial charge >= 0.3 is 6.36 Å². The van der Waals surface area contributed by atoms with Crippen LogP contribution in [0.15, 0.2) is 60.9 Å². The third-order valence-electron chi connectivity index (χ3n) is 3.85. The average Bonchev–Trinajstić information content (AvgIpc) is 3.11. The number of aromatic nitrogens is 2. The molecule has 0 aliphatic rings. The molecule has 0 bridgehead atoms. The van der Waals surface area contributed by atoms with Crippen LogP contribution < -0.4 is 4.74 Å². The van der Waals surface area contributed by atoms with E-state index in [2.05, 4.69) is 9.84 Å². The van der Waals surface area contributed by atoms with Crippen LogP contribution in [0.1, 0.15) is 15.9 Å². The molecule has 1 amide bonds. The number of halogens is 4. The molecule has 1 heterocycles. The number of carbonyl (C=O) groups excluding carboxylic acids is 1. The van der Waals surface area contributed by atoms with Crippen molar-refractivity contribution < 1.29 is 22.7 Å². The van der Waals surface area contributed by atoms with Gasteiger partial charge in [0.1, 0.15) is 5.75 Å². The Morgan fingerprint density at radius 2 is 1.86 bits per heavy atom. The van der Waals surface area contributed by atoms with Crippen LogP contribution in [0, 0.1) is 0 Å². The molecule has 0 aliphatic heterocycles. The summed E-state index contributed by atoms with van der Waals surface area (Å²) in [6, 6.07) is 12.4. The maximum absolute atomic E-state index is 12.6. The number of hydrogen-bond acceptors (Lipinski definition) is 3. The van der Waals surface area contributed by atoms with Crippen molar-refractivity contribution in [2.24, 2.45) is 0 Å². The van der Waals surface area contributed by atoms with E-state index in [1.165, 1.54) is 40.0 Å². The molecule has 3 rings (SSSR count). The number of carbonyl (C=O) groups is 1. The Morgan fingerprint density at radius 1 is 1.18 bits per heavy atom. The third-order valence-corrected chi connectivity index (χ3v) is 4.17. The normalized spacial score (nSPS) is 11.3. The summed E-state index contributed by atoms with van der Waals surface area (Å²) >= 11 is 6.13. The van der Waals surface area contributed by atoms with E-state index in [0.29, 0.717) is 21.8 Å². The highest BCUT2D eigenvalue weighted by Gasteiger charge is 2.31. The van der Waals surface area contributed by atoms with Crippen molar-refractivity contribution >= 4 is 17.5 Å². The Morgan fingerprint density at radius 3 is 2.50 bits per heavy atom. The predicted molar refractivity (Wildman–Crippen MR) is 97.5 cm³/mol. The first-order chi connectivity index (χ1) is 13.2. The van der Waals surface area contributed by atoms with Gasteiger partial charge in [-0.1, -0.05) is 35.9 Å². The largest absolute Gasteiger partial charge is 0.573 e. The molecule has 3 aromatic rings. The van der Waals surface area contributed by atoms with E-state index in [1.807, 2.05) is 6.07 Å². The van der Waals surface area contributed by atoms with Crippen LogP contribution in [0.2, 0.25) is 5.02 Å². The average molecular weight is 410 g/mol. The molecule has 0 saturated carbocycles. The summed E-state index contributed by atoms with van der Waals surface area (Å²) in [5, 5.41) is 4.66. The van der Waals surface area contributed by atoms with E-state index >= 15 is 0 Å². The predicted octanol–water partition coefficient (Wildman–Crippen LogP) is 4.70. The summed E-state index contributed by atoms with van der Waals surface area (Å²) in [6.07, 6.45) is -1.74. The molecule has 0 spiro atoms. The van der Waals surface area contributed by atoms with Gasteiger partial charge in [-0.3, -0.25) is 4.79 Å². The van der Waals surface area contributed by atoms with Gasteiger partial charge in [0.05, 0.1) is 22.5 Å². The van der Waals surface area contributed by atoms with Crippen molar-refractivity contribution in [1.82, 2.24) is 14.7 Å². The highest BCUT2D eigenvalue weighted by molar-refractivity contribution is 6.32. The van der Waals surface area contributed by atoms with Crippen LogP contribution in [-0.2, 0) is 6.54 Å². The Bertz CT molecular complexity index is 971. The van der Waals surface area contributed by atoms with E-state index in [9.17, 15) is 18.0 Å². The molecule has 0 fully saturated rings. The summed E-state index contributed by atoms with van der Waals surface area (Å²) < 4.78 is 41.9. The number of rotatable bonds is 5. The molecule has 9 heteroatoms. The van der Waals surface area contributed by atoms with Crippen molar-refractivity contribution in [2.45, 2.75) is 12.9 Å². The molecule has 0 unspecified atom stereocenters. The van der Waals surface area contributed by atoms with Crippen LogP contribution in [0.4, 0.5) is 13.2 Å². The lowest BCUT2D eigenvalue weighted by Gasteiger charge is -2.17. The van der Waals surface area contributed by atoms with Crippen molar-refractivity contribution in [3.63, 3.8) is 0 Å².